The van der Waals surface area contributed by atoms with Gasteiger partial charge in [-0.1, -0.05) is 42.5 Å². The Kier molecular flexibility index (Phi) is 3.73. The quantitative estimate of drug-likeness (QED) is 0.878. The lowest BCUT2D eigenvalue weighted by atomic mass is 10.1. The van der Waals surface area contributed by atoms with E-state index in [1.807, 2.05) is 30.3 Å². The first kappa shape index (κ1) is 11.6. The summed E-state index contributed by atoms with van der Waals surface area (Å²) in [7, 11) is 0. The van der Waals surface area contributed by atoms with Gasteiger partial charge in [0.1, 0.15) is 6.61 Å². The second-order valence-electron chi connectivity index (χ2n) is 3.76. The molecule has 88 valence electrons. The summed E-state index contributed by atoms with van der Waals surface area (Å²) < 4.78 is 18.6. The molecule has 0 spiro atoms. The number of rotatable bonds is 4. The van der Waals surface area contributed by atoms with Crippen LogP contribution >= 0.6 is 0 Å². The van der Waals surface area contributed by atoms with Gasteiger partial charge in [0, 0.05) is 0 Å². The molecule has 2 aromatic carbocycles. The van der Waals surface area contributed by atoms with Crippen LogP contribution in [0.5, 0.6) is 5.75 Å². The lowest BCUT2D eigenvalue weighted by Gasteiger charge is -2.13. The highest BCUT2D eigenvalue weighted by atomic mass is 19.1. The van der Waals surface area contributed by atoms with Gasteiger partial charge in [-0.05, 0) is 17.7 Å². The van der Waals surface area contributed by atoms with Gasteiger partial charge < -0.3 is 10.5 Å². The molecule has 0 fully saturated rings. The number of halogens is 1. The van der Waals surface area contributed by atoms with Crippen LogP contribution in [-0.4, -0.2) is 6.61 Å². The Morgan fingerprint density at radius 1 is 1.00 bits per heavy atom. The van der Waals surface area contributed by atoms with E-state index in [1.165, 1.54) is 6.07 Å². The summed E-state index contributed by atoms with van der Waals surface area (Å²) >= 11 is 0. The molecule has 0 aliphatic rings. The average Bonchev–Trinajstić information content (AvgIpc) is 2.38. The maximum absolute atomic E-state index is 13.3. The van der Waals surface area contributed by atoms with Crippen LogP contribution in [0.3, 0.4) is 0 Å². The molecule has 0 unspecified atom stereocenters. The SMILES string of the molecule is N[C@H](COc1ccccc1F)c1ccccc1. The smallest absolute Gasteiger partial charge is 0.165 e. The summed E-state index contributed by atoms with van der Waals surface area (Å²) in [4.78, 5) is 0. The van der Waals surface area contributed by atoms with E-state index in [1.54, 1.807) is 18.2 Å². The topological polar surface area (TPSA) is 35.2 Å². The summed E-state index contributed by atoms with van der Waals surface area (Å²) in [5.41, 5.74) is 6.92. The van der Waals surface area contributed by atoms with Crippen molar-refractivity contribution in [2.75, 3.05) is 6.61 Å². The standard InChI is InChI=1S/C14H14FNO/c15-12-8-4-5-9-14(12)17-10-13(16)11-6-2-1-3-7-11/h1-9,13H,10,16H2/t13-/m1/s1. The van der Waals surface area contributed by atoms with Crippen LogP contribution in [0.15, 0.2) is 54.6 Å². The largest absolute Gasteiger partial charge is 0.489 e. The van der Waals surface area contributed by atoms with E-state index >= 15 is 0 Å². The highest BCUT2D eigenvalue weighted by Crippen LogP contribution is 2.17. The summed E-state index contributed by atoms with van der Waals surface area (Å²) in [6.45, 7) is 0.255. The third-order valence-electron chi connectivity index (χ3n) is 2.48. The summed E-state index contributed by atoms with van der Waals surface area (Å²) in [5.74, 6) is -0.133. The molecule has 1 atom stereocenters. The van der Waals surface area contributed by atoms with Gasteiger partial charge in [-0.15, -0.1) is 0 Å². The molecule has 2 nitrogen and oxygen atoms in total. The van der Waals surface area contributed by atoms with Crippen LogP contribution in [0.1, 0.15) is 11.6 Å². The van der Waals surface area contributed by atoms with Crippen molar-refractivity contribution in [1.29, 1.82) is 0 Å². The minimum absolute atomic E-state index is 0.235. The lowest BCUT2D eigenvalue weighted by molar-refractivity contribution is 0.277. The van der Waals surface area contributed by atoms with Crippen LogP contribution in [-0.2, 0) is 0 Å². The molecule has 2 aromatic rings. The van der Waals surface area contributed by atoms with Crippen molar-refractivity contribution in [1.82, 2.24) is 0 Å². The van der Waals surface area contributed by atoms with Crippen LogP contribution in [0.4, 0.5) is 4.39 Å². The maximum Gasteiger partial charge on any atom is 0.165 e. The Balaban J connectivity index is 1.97. The fraction of sp³-hybridized carbons (Fsp3) is 0.143. The summed E-state index contributed by atoms with van der Waals surface area (Å²) in [6, 6.07) is 15.7. The van der Waals surface area contributed by atoms with Crippen molar-refractivity contribution in [2.24, 2.45) is 5.73 Å². The second-order valence-corrected chi connectivity index (χ2v) is 3.76. The lowest BCUT2D eigenvalue weighted by Crippen LogP contribution is -2.19. The first-order chi connectivity index (χ1) is 8.27. The molecule has 2 rings (SSSR count). The Labute approximate surface area is 99.8 Å². The van der Waals surface area contributed by atoms with Gasteiger partial charge in [0.25, 0.3) is 0 Å². The molecular formula is C14H14FNO. The molecule has 0 aliphatic heterocycles. The molecule has 0 aliphatic carbocycles. The van der Waals surface area contributed by atoms with Crippen LogP contribution in [0.2, 0.25) is 0 Å². The Hall–Kier alpha value is -1.87. The normalized spacial score (nSPS) is 12.1. The molecule has 3 heteroatoms. The van der Waals surface area contributed by atoms with Crippen molar-refractivity contribution in [3.63, 3.8) is 0 Å². The van der Waals surface area contributed by atoms with E-state index < -0.39 is 0 Å². The molecule has 0 heterocycles. The number of hydrogen-bond acceptors (Lipinski definition) is 2. The molecule has 2 N–H and O–H groups in total. The third kappa shape index (κ3) is 3.04. The van der Waals surface area contributed by atoms with E-state index in [2.05, 4.69) is 0 Å². The van der Waals surface area contributed by atoms with E-state index in [9.17, 15) is 4.39 Å². The number of ether oxygens (including phenoxy) is 1. The van der Waals surface area contributed by atoms with Crippen LogP contribution in [0, 0.1) is 5.82 Å². The summed E-state index contributed by atoms with van der Waals surface area (Å²) in [5, 5.41) is 0. The minimum atomic E-state index is -0.368. The predicted octanol–water partition coefficient (Wildman–Crippen LogP) is 2.90. The molecular weight excluding hydrogens is 217 g/mol. The van der Waals surface area contributed by atoms with Gasteiger partial charge in [0.05, 0.1) is 6.04 Å². The molecule has 17 heavy (non-hydrogen) atoms. The van der Waals surface area contributed by atoms with Crippen LogP contribution in [0.25, 0.3) is 0 Å². The van der Waals surface area contributed by atoms with E-state index in [0.29, 0.717) is 0 Å². The zero-order valence-electron chi connectivity index (χ0n) is 9.34. The molecule has 0 saturated heterocycles. The number of benzene rings is 2. The fourth-order valence-corrected chi connectivity index (χ4v) is 1.54. The van der Waals surface area contributed by atoms with E-state index in [0.717, 1.165) is 5.56 Å². The van der Waals surface area contributed by atoms with E-state index in [4.69, 9.17) is 10.5 Å². The zero-order chi connectivity index (χ0) is 12.1. The average molecular weight is 231 g/mol. The van der Waals surface area contributed by atoms with Gasteiger partial charge in [0.15, 0.2) is 11.6 Å². The van der Waals surface area contributed by atoms with Crippen molar-refractivity contribution < 1.29 is 9.13 Å². The first-order valence-corrected chi connectivity index (χ1v) is 5.45. The zero-order valence-corrected chi connectivity index (χ0v) is 9.34. The number of nitrogens with two attached hydrogens (primary N) is 1. The number of hydrogen-bond donors (Lipinski definition) is 1. The van der Waals surface area contributed by atoms with Crippen molar-refractivity contribution >= 4 is 0 Å². The van der Waals surface area contributed by atoms with Crippen molar-refractivity contribution in [3.05, 3.63) is 66.0 Å². The Morgan fingerprint density at radius 2 is 1.65 bits per heavy atom. The maximum atomic E-state index is 13.3. The second kappa shape index (κ2) is 5.46. The van der Waals surface area contributed by atoms with Gasteiger partial charge in [-0.25, -0.2) is 4.39 Å². The predicted molar refractivity (Wildman–Crippen MR) is 65.3 cm³/mol. The fourth-order valence-electron chi connectivity index (χ4n) is 1.54. The monoisotopic (exact) mass is 231 g/mol. The molecule has 0 aromatic heterocycles. The summed E-state index contributed by atoms with van der Waals surface area (Å²) in [6.07, 6.45) is 0. The Morgan fingerprint density at radius 3 is 2.35 bits per heavy atom. The van der Waals surface area contributed by atoms with Gasteiger partial charge >= 0.3 is 0 Å². The number of para-hydroxylation sites is 1. The molecule has 0 saturated carbocycles. The minimum Gasteiger partial charge on any atom is -0.489 e. The molecule has 0 radical (unpaired) electrons. The van der Waals surface area contributed by atoms with Crippen molar-refractivity contribution in [3.8, 4) is 5.75 Å². The van der Waals surface area contributed by atoms with E-state index in [-0.39, 0.29) is 24.2 Å². The van der Waals surface area contributed by atoms with Crippen LogP contribution < -0.4 is 10.5 Å². The van der Waals surface area contributed by atoms with Crippen molar-refractivity contribution in [2.45, 2.75) is 6.04 Å². The Bertz CT molecular complexity index is 473. The molecule has 0 amide bonds. The highest BCUT2D eigenvalue weighted by Gasteiger charge is 2.08. The van der Waals surface area contributed by atoms with Gasteiger partial charge in [-0.2, -0.15) is 0 Å². The molecule has 0 bridgehead atoms. The highest BCUT2D eigenvalue weighted by molar-refractivity contribution is 5.24. The first-order valence-electron chi connectivity index (χ1n) is 5.45. The van der Waals surface area contributed by atoms with Gasteiger partial charge in [0.2, 0.25) is 0 Å². The van der Waals surface area contributed by atoms with Gasteiger partial charge in [-0.3, -0.25) is 0 Å². The third-order valence-corrected chi connectivity index (χ3v) is 2.48.